The number of hydrogen-bond acceptors (Lipinski definition) is 4. The molecule has 6 heteroatoms. The predicted octanol–water partition coefficient (Wildman–Crippen LogP) is 6.74. The van der Waals surface area contributed by atoms with Crippen molar-refractivity contribution in [2.24, 2.45) is 0 Å². The highest BCUT2D eigenvalue weighted by molar-refractivity contribution is 6.30. The fourth-order valence-corrected chi connectivity index (χ4v) is 3.07. The number of anilines is 1. The quantitative estimate of drug-likeness (QED) is 0.253. The van der Waals surface area contributed by atoms with Crippen molar-refractivity contribution < 1.29 is 18.4 Å². The van der Waals surface area contributed by atoms with Gasteiger partial charge in [0, 0.05) is 27.9 Å². The summed E-state index contributed by atoms with van der Waals surface area (Å²) in [7, 11) is 0. The monoisotopic (exact) mass is 443 g/mol. The molecule has 0 fully saturated rings. The van der Waals surface area contributed by atoms with Crippen LogP contribution in [0.2, 0.25) is 5.02 Å². The van der Waals surface area contributed by atoms with Gasteiger partial charge in [0.2, 0.25) is 5.91 Å². The molecule has 4 aromatic rings. The minimum atomic E-state index is -0.327. The van der Waals surface area contributed by atoms with Gasteiger partial charge in [-0.25, -0.2) is 0 Å². The molecule has 0 spiro atoms. The predicted molar refractivity (Wildman–Crippen MR) is 125 cm³/mol. The lowest BCUT2D eigenvalue weighted by Gasteiger charge is -2.03. The number of carbonyl (C=O) groups excluding carboxylic acids is 2. The Labute approximate surface area is 189 Å². The molecule has 0 bridgehead atoms. The fourth-order valence-electron chi connectivity index (χ4n) is 2.94. The number of allylic oxidation sites excluding steroid dienone is 1. The molecule has 2 heterocycles. The minimum absolute atomic E-state index is 0.211. The molecular weight excluding hydrogens is 426 g/mol. The van der Waals surface area contributed by atoms with E-state index in [1.54, 1.807) is 66.7 Å². The van der Waals surface area contributed by atoms with Crippen molar-refractivity contribution in [2.45, 2.75) is 0 Å². The Kier molecular flexibility index (Phi) is 6.49. The number of furan rings is 2. The summed E-state index contributed by atoms with van der Waals surface area (Å²) in [6.07, 6.45) is 7.50. The molecule has 158 valence electrons. The van der Waals surface area contributed by atoms with E-state index in [0.29, 0.717) is 33.6 Å². The maximum absolute atomic E-state index is 12.6. The lowest BCUT2D eigenvalue weighted by molar-refractivity contribution is -0.111. The Balaban J connectivity index is 1.40. The van der Waals surface area contributed by atoms with Crippen molar-refractivity contribution in [3.63, 3.8) is 0 Å². The number of halogens is 1. The van der Waals surface area contributed by atoms with Gasteiger partial charge in [0.25, 0.3) is 0 Å². The summed E-state index contributed by atoms with van der Waals surface area (Å²) in [6.45, 7) is 0. The van der Waals surface area contributed by atoms with Crippen LogP contribution < -0.4 is 5.32 Å². The van der Waals surface area contributed by atoms with E-state index < -0.39 is 0 Å². The molecule has 32 heavy (non-hydrogen) atoms. The first-order valence-electron chi connectivity index (χ1n) is 9.78. The average Bonchev–Trinajstić information content (AvgIpc) is 3.49. The standard InChI is InChI=1S/C26H18ClNO4/c27-20-8-6-18(7-9-20)25-14-11-23(32-25)10-13-24(29)19-3-1-4-21(17-19)28-26(30)15-12-22-5-2-16-31-22/h1-17H,(H,28,30)/b13-10+,15-12+. The van der Waals surface area contributed by atoms with E-state index in [0.717, 1.165) is 5.56 Å². The number of benzene rings is 2. The molecule has 0 radical (unpaired) electrons. The molecule has 2 aromatic carbocycles. The Hall–Kier alpha value is -4.09. The first-order chi connectivity index (χ1) is 15.6. The molecule has 0 aliphatic heterocycles. The van der Waals surface area contributed by atoms with E-state index in [-0.39, 0.29) is 11.7 Å². The maximum atomic E-state index is 12.6. The summed E-state index contributed by atoms with van der Waals surface area (Å²) >= 11 is 5.91. The zero-order valence-electron chi connectivity index (χ0n) is 16.8. The van der Waals surface area contributed by atoms with Gasteiger partial charge in [-0.1, -0.05) is 23.7 Å². The van der Waals surface area contributed by atoms with Crippen LogP contribution in [0.3, 0.4) is 0 Å². The molecule has 1 amide bonds. The van der Waals surface area contributed by atoms with Crippen LogP contribution in [-0.2, 0) is 4.79 Å². The Morgan fingerprint density at radius 3 is 2.44 bits per heavy atom. The van der Waals surface area contributed by atoms with Gasteiger partial charge in [0.05, 0.1) is 6.26 Å². The summed E-state index contributed by atoms with van der Waals surface area (Å²) < 4.78 is 10.9. The van der Waals surface area contributed by atoms with Gasteiger partial charge < -0.3 is 14.2 Å². The van der Waals surface area contributed by atoms with E-state index in [1.807, 2.05) is 18.2 Å². The molecule has 0 saturated heterocycles. The van der Waals surface area contributed by atoms with Crippen molar-refractivity contribution in [1.82, 2.24) is 0 Å². The van der Waals surface area contributed by atoms with Crippen LogP contribution in [0, 0.1) is 0 Å². The van der Waals surface area contributed by atoms with Crippen molar-refractivity contribution in [1.29, 1.82) is 0 Å². The second-order valence-electron chi connectivity index (χ2n) is 6.83. The van der Waals surface area contributed by atoms with E-state index in [9.17, 15) is 9.59 Å². The second-order valence-corrected chi connectivity index (χ2v) is 7.26. The van der Waals surface area contributed by atoms with Crippen molar-refractivity contribution in [3.8, 4) is 11.3 Å². The Morgan fingerprint density at radius 1 is 0.844 bits per heavy atom. The minimum Gasteiger partial charge on any atom is -0.465 e. The highest BCUT2D eigenvalue weighted by Crippen LogP contribution is 2.24. The molecule has 2 aromatic heterocycles. The second kappa shape index (κ2) is 9.81. The average molecular weight is 444 g/mol. The van der Waals surface area contributed by atoms with Crippen LogP contribution in [0.1, 0.15) is 21.9 Å². The van der Waals surface area contributed by atoms with Crippen LogP contribution in [0.5, 0.6) is 0 Å². The fraction of sp³-hybridized carbons (Fsp3) is 0. The largest absolute Gasteiger partial charge is 0.465 e. The highest BCUT2D eigenvalue weighted by atomic mass is 35.5. The van der Waals surface area contributed by atoms with E-state index >= 15 is 0 Å². The van der Waals surface area contributed by atoms with Gasteiger partial charge >= 0.3 is 0 Å². The topological polar surface area (TPSA) is 72.5 Å². The van der Waals surface area contributed by atoms with Gasteiger partial charge in [0.1, 0.15) is 17.3 Å². The third-order valence-electron chi connectivity index (χ3n) is 4.51. The highest BCUT2D eigenvalue weighted by Gasteiger charge is 2.07. The summed E-state index contributed by atoms with van der Waals surface area (Å²) in [5.41, 5.74) is 1.85. The molecule has 5 nitrogen and oxygen atoms in total. The van der Waals surface area contributed by atoms with Gasteiger partial charge in [-0.3, -0.25) is 9.59 Å². The van der Waals surface area contributed by atoms with E-state index in [1.165, 1.54) is 18.4 Å². The molecular formula is C26H18ClNO4. The number of carbonyl (C=O) groups is 2. The smallest absolute Gasteiger partial charge is 0.248 e. The first-order valence-corrected chi connectivity index (χ1v) is 10.2. The number of amides is 1. The van der Waals surface area contributed by atoms with Crippen molar-refractivity contribution in [3.05, 3.63) is 113 Å². The van der Waals surface area contributed by atoms with Crippen molar-refractivity contribution in [2.75, 3.05) is 5.32 Å². The third kappa shape index (κ3) is 5.53. The summed E-state index contributed by atoms with van der Waals surface area (Å²) in [5.74, 6) is 1.27. The summed E-state index contributed by atoms with van der Waals surface area (Å²) in [6, 6.07) is 21.1. The van der Waals surface area contributed by atoms with Crippen LogP contribution in [-0.4, -0.2) is 11.7 Å². The molecule has 4 rings (SSSR count). The van der Waals surface area contributed by atoms with Crippen LogP contribution in [0.25, 0.3) is 23.5 Å². The van der Waals surface area contributed by atoms with Gasteiger partial charge in [0.15, 0.2) is 5.78 Å². The summed E-state index contributed by atoms with van der Waals surface area (Å²) in [5, 5.41) is 3.38. The van der Waals surface area contributed by atoms with Crippen LogP contribution in [0.15, 0.2) is 100 Å². The van der Waals surface area contributed by atoms with Gasteiger partial charge in [-0.2, -0.15) is 0 Å². The molecule has 0 atom stereocenters. The number of ketones is 1. The maximum Gasteiger partial charge on any atom is 0.248 e. The molecule has 1 N–H and O–H groups in total. The number of rotatable bonds is 7. The first kappa shape index (κ1) is 21.2. The summed E-state index contributed by atoms with van der Waals surface area (Å²) in [4.78, 5) is 24.6. The van der Waals surface area contributed by atoms with Crippen LogP contribution >= 0.6 is 11.6 Å². The van der Waals surface area contributed by atoms with Gasteiger partial charge in [-0.15, -0.1) is 0 Å². The number of nitrogens with one attached hydrogen (secondary N) is 1. The van der Waals surface area contributed by atoms with Crippen LogP contribution in [0.4, 0.5) is 5.69 Å². The molecule has 0 unspecified atom stereocenters. The Morgan fingerprint density at radius 2 is 1.66 bits per heavy atom. The molecule has 0 saturated carbocycles. The zero-order valence-corrected chi connectivity index (χ0v) is 17.6. The van der Waals surface area contributed by atoms with Gasteiger partial charge in [-0.05, 0) is 78.9 Å². The van der Waals surface area contributed by atoms with Crippen molar-refractivity contribution >= 4 is 41.1 Å². The Bertz CT molecular complexity index is 1280. The lowest BCUT2D eigenvalue weighted by Crippen LogP contribution is -2.08. The molecule has 0 aliphatic carbocycles. The number of hydrogen-bond donors (Lipinski definition) is 1. The zero-order chi connectivity index (χ0) is 22.3. The third-order valence-corrected chi connectivity index (χ3v) is 4.76. The normalized spacial score (nSPS) is 11.3. The van der Waals surface area contributed by atoms with E-state index in [4.69, 9.17) is 20.4 Å². The lowest BCUT2D eigenvalue weighted by atomic mass is 10.1. The SMILES string of the molecule is O=C(/C=C/c1ccco1)Nc1cccc(C(=O)/C=C/c2ccc(-c3ccc(Cl)cc3)o2)c1. The van der Waals surface area contributed by atoms with E-state index in [2.05, 4.69) is 5.32 Å². The molecule has 0 aliphatic rings.